The van der Waals surface area contributed by atoms with Gasteiger partial charge in [0, 0.05) is 25.0 Å². The lowest BCUT2D eigenvalue weighted by atomic mass is 9.97. The molecule has 20 heavy (non-hydrogen) atoms. The maximum absolute atomic E-state index is 11.9. The summed E-state index contributed by atoms with van der Waals surface area (Å²) in [6, 6.07) is 3.60. The number of allylic oxidation sites excluding steroid dienone is 1. The first-order valence-corrected chi connectivity index (χ1v) is 6.74. The molecule has 4 heteroatoms. The predicted molar refractivity (Wildman–Crippen MR) is 77.6 cm³/mol. The van der Waals surface area contributed by atoms with E-state index in [1.165, 1.54) is 0 Å². The van der Waals surface area contributed by atoms with Crippen LogP contribution in [-0.2, 0) is 4.79 Å². The molecule has 1 aromatic carbocycles. The fraction of sp³-hybridized carbons (Fsp3) is 0.438. The quantitative estimate of drug-likeness (QED) is 0.832. The number of fused-ring (bicyclic) bond motifs is 1. The highest BCUT2D eigenvalue weighted by Crippen LogP contribution is 2.40. The molecule has 0 aliphatic carbocycles. The summed E-state index contributed by atoms with van der Waals surface area (Å²) >= 11 is 0. The summed E-state index contributed by atoms with van der Waals surface area (Å²) in [5, 5.41) is 0. The van der Waals surface area contributed by atoms with Gasteiger partial charge in [0.25, 0.3) is 0 Å². The zero-order valence-electron chi connectivity index (χ0n) is 12.0. The third-order valence-electron chi connectivity index (χ3n) is 3.37. The summed E-state index contributed by atoms with van der Waals surface area (Å²) in [4.78, 5) is 11.9. The molecule has 0 N–H and O–H groups in total. The van der Waals surface area contributed by atoms with E-state index in [0.29, 0.717) is 36.7 Å². The maximum atomic E-state index is 11.9. The van der Waals surface area contributed by atoms with E-state index in [-0.39, 0.29) is 5.78 Å². The number of ketones is 1. The van der Waals surface area contributed by atoms with Crippen LogP contribution < -0.4 is 14.2 Å². The second-order valence-corrected chi connectivity index (χ2v) is 4.83. The van der Waals surface area contributed by atoms with Gasteiger partial charge >= 0.3 is 0 Å². The van der Waals surface area contributed by atoms with Crippen molar-refractivity contribution >= 4 is 11.4 Å². The monoisotopic (exact) mass is 276 g/mol. The van der Waals surface area contributed by atoms with Gasteiger partial charge in [0.1, 0.15) is 23.0 Å². The molecular weight excluding hydrogens is 256 g/mol. The Morgan fingerprint density at radius 3 is 2.70 bits per heavy atom. The molecule has 0 saturated carbocycles. The average Bonchev–Trinajstić information content (AvgIpc) is 2.45. The number of rotatable bonds is 2. The Balaban J connectivity index is 2.48. The first-order chi connectivity index (χ1) is 9.65. The Hall–Kier alpha value is -1.97. The normalized spacial score (nSPS) is 16.1. The van der Waals surface area contributed by atoms with Crippen LogP contribution in [0.1, 0.15) is 31.2 Å². The van der Waals surface area contributed by atoms with Gasteiger partial charge in [0.15, 0.2) is 0 Å². The minimum Gasteiger partial charge on any atom is -0.496 e. The molecule has 1 aliphatic heterocycles. The number of methoxy groups -OCH3 is 2. The van der Waals surface area contributed by atoms with Crippen molar-refractivity contribution in [3.63, 3.8) is 0 Å². The molecule has 2 rings (SSSR count). The van der Waals surface area contributed by atoms with Crippen LogP contribution in [0.25, 0.3) is 5.57 Å². The summed E-state index contributed by atoms with van der Waals surface area (Å²) in [6.45, 7) is 4.60. The highest BCUT2D eigenvalue weighted by molar-refractivity contribution is 5.92. The van der Waals surface area contributed by atoms with Gasteiger partial charge in [-0.05, 0) is 18.4 Å². The van der Waals surface area contributed by atoms with Crippen LogP contribution in [0.4, 0.5) is 0 Å². The average molecular weight is 276 g/mol. The van der Waals surface area contributed by atoms with Crippen molar-refractivity contribution in [3.8, 4) is 17.2 Å². The summed E-state index contributed by atoms with van der Waals surface area (Å²) in [5.74, 6) is 2.16. The Labute approximate surface area is 119 Å². The molecular formula is C16H20O4. The second kappa shape index (κ2) is 6.46. The molecule has 0 aromatic heterocycles. The van der Waals surface area contributed by atoms with Crippen LogP contribution in [-0.4, -0.2) is 26.6 Å². The first kappa shape index (κ1) is 14.4. The third kappa shape index (κ3) is 3.13. The van der Waals surface area contributed by atoms with Gasteiger partial charge in [-0.3, -0.25) is 4.79 Å². The molecule has 1 aromatic rings. The Kier molecular flexibility index (Phi) is 4.66. The van der Waals surface area contributed by atoms with E-state index in [1.54, 1.807) is 20.3 Å². The second-order valence-electron chi connectivity index (χ2n) is 4.83. The van der Waals surface area contributed by atoms with Gasteiger partial charge in [-0.15, -0.1) is 0 Å². The van der Waals surface area contributed by atoms with E-state index in [2.05, 4.69) is 6.58 Å². The summed E-state index contributed by atoms with van der Waals surface area (Å²) in [6.07, 6.45) is 2.62. The maximum Gasteiger partial charge on any atom is 0.137 e. The van der Waals surface area contributed by atoms with Crippen LogP contribution in [0.5, 0.6) is 17.2 Å². The molecule has 1 aliphatic rings. The molecule has 0 unspecified atom stereocenters. The number of hydrogen-bond donors (Lipinski definition) is 0. The highest BCUT2D eigenvalue weighted by atomic mass is 16.5. The van der Waals surface area contributed by atoms with E-state index in [4.69, 9.17) is 14.2 Å². The largest absolute Gasteiger partial charge is 0.496 e. The third-order valence-corrected chi connectivity index (χ3v) is 3.37. The van der Waals surface area contributed by atoms with Gasteiger partial charge in [0.05, 0.1) is 26.4 Å². The lowest BCUT2D eigenvalue weighted by molar-refractivity contribution is -0.118. The number of benzene rings is 1. The topological polar surface area (TPSA) is 44.8 Å². The molecule has 0 amide bonds. The molecule has 1 heterocycles. The van der Waals surface area contributed by atoms with Crippen LogP contribution in [0.2, 0.25) is 0 Å². The van der Waals surface area contributed by atoms with E-state index in [0.717, 1.165) is 24.0 Å². The van der Waals surface area contributed by atoms with E-state index < -0.39 is 0 Å². The van der Waals surface area contributed by atoms with Crippen molar-refractivity contribution in [3.05, 3.63) is 24.3 Å². The Morgan fingerprint density at radius 1 is 1.20 bits per heavy atom. The van der Waals surface area contributed by atoms with Gasteiger partial charge in [-0.2, -0.15) is 0 Å². The van der Waals surface area contributed by atoms with Crippen molar-refractivity contribution in [2.24, 2.45) is 0 Å². The predicted octanol–water partition coefficient (Wildman–Crippen LogP) is 3.24. The Morgan fingerprint density at radius 2 is 2.00 bits per heavy atom. The lowest BCUT2D eigenvalue weighted by Crippen LogP contribution is -2.08. The van der Waals surface area contributed by atoms with Crippen LogP contribution in [0.3, 0.4) is 0 Å². The fourth-order valence-corrected chi connectivity index (χ4v) is 2.33. The number of carbonyl (C=O) groups is 1. The molecule has 0 bridgehead atoms. The zero-order chi connectivity index (χ0) is 14.5. The lowest BCUT2D eigenvalue weighted by Gasteiger charge is -2.19. The van der Waals surface area contributed by atoms with Gasteiger partial charge in [0.2, 0.25) is 0 Å². The first-order valence-electron chi connectivity index (χ1n) is 6.74. The molecule has 108 valence electrons. The summed E-state index contributed by atoms with van der Waals surface area (Å²) in [5.41, 5.74) is 1.50. The van der Waals surface area contributed by atoms with E-state index >= 15 is 0 Å². The molecule has 0 fully saturated rings. The zero-order valence-corrected chi connectivity index (χ0v) is 12.0. The minimum atomic E-state index is 0.209. The number of Topliss-reactive ketones (excluding diaryl/α,β-unsaturated/α-hetero) is 1. The summed E-state index contributed by atoms with van der Waals surface area (Å²) in [7, 11) is 3.18. The van der Waals surface area contributed by atoms with Gasteiger partial charge in [-0.1, -0.05) is 6.58 Å². The fourth-order valence-electron chi connectivity index (χ4n) is 2.33. The van der Waals surface area contributed by atoms with Gasteiger partial charge in [-0.25, -0.2) is 0 Å². The smallest absolute Gasteiger partial charge is 0.137 e. The van der Waals surface area contributed by atoms with E-state index in [1.807, 2.05) is 6.07 Å². The Bertz CT molecular complexity index is 519. The molecule has 0 saturated heterocycles. The standard InChI is InChI=1S/C16H20O4/c1-11-8-12(17)6-4-5-7-20-15-10-13(18-2)9-14(19-3)16(11)15/h9-10H,1,4-8H2,2-3H3. The van der Waals surface area contributed by atoms with E-state index in [9.17, 15) is 4.79 Å². The van der Waals surface area contributed by atoms with Crippen molar-refractivity contribution in [2.75, 3.05) is 20.8 Å². The van der Waals surface area contributed by atoms with Crippen molar-refractivity contribution in [2.45, 2.75) is 25.7 Å². The van der Waals surface area contributed by atoms with Crippen LogP contribution >= 0.6 is 0 Å². The minimum absolute atomic E-state index is 0.209. The van der Waals surface area contributed by atoms with Crippen LogP contribution in [0.15, 0.2) is 18.7 Å². The van der Waals surface area contributed by atoms with Crippen molar-refractivity contribution in [1.29, 1.82) is 0 Å². The van der Waals surface area contributed by atoms with Crippen LogP contribution in [0, 0.1) is 0 Å². The number of ether oxygens (including phenoxy) is 3. The molecule has 0 radical (unpaired) electrons. The number of carbonyl (C=O) groups excluding carboxylic acids is 1. The van der Waals surface area contributed by atoms with Crippen molar-refractivity contribution in [1.82, 2.24) is 0 Å². The number of hydrogen-bond acceptors (Lipinski definition) is 4. The SMILES string of the molecule is C=C1CC(=O)CCCCOc2cc(OC)cc(OC)c21. The molecule has 4 nitrogen and oxygen atoms in total. The van der Waals surface area contributed by atoms with Gasteiger partial charge < -0.3 is 14.2 Å². The molecule has 0 atom stereocenters. The molecule has 0 spiro atoms. The highest BCUT2D eigenvalue weighted by Gasteiger charge is 2.19. The van der Waals surface area contributed by atoms with Crippen molar-refractivity contribution < 1.29 is 19.0 Å². The summed E-state index contributed by atoms with van der Waals surface area (Å²) < 4.78 is 16.5.